The van der Waals surface area contributed by atoms with E-state index in [0.29, 0.717) is 11.7 Å². The molecule has 1 fully saturated rings. The number of nitrogens with one attached hydrogen (secondary N) is 2. The van der Waals surface area contributed by atoms with E-state index < -0.39 is 10.0 Å². The lowest BCUT2D eigenvalue weighted by Gasteiger charge is -2.35. The van der Waals surface area contributed by atoms with Gasteiger partial charge in [0.2, 0.25) is 10.0 Å². The van der Waals surface area contributed by atoms with Crippen molar-refractivity contribution in [3.63, 3.8) is 0 Å². The lowest BCUT2D eigenvalue weighted by Crippen LogP contribution is -2.39. The van der Waals surface area contributed by atoms with Gasteiger partial charge in [-0.2, -0.15) is 0 Å². The van der Waals surface area contributed by atoms with E-state index in [-0.39, 0.29) is 17.0 Å². The summed E-state index contributed by atoms with van der Waals surface area (Å²) < 4.78 is 33.1. The minimum Gasteiger partial charge on any atom is -0.489 e. The number of ether oxygens (including phenoxy) is 1. The molecule has 1 aliphatic carbocycles. The molecule has 0 heterocycles. The molecule has 21 heavy (non-hydrogen) atoms. The van der Waals surface area contributed by atoms with E-state index in [2.05, 4.69) is 10.0 Å². The van der Waals surface area contributed by atoms with Crippen LogP contribution in [0.4, 0.5) is 0 Å². The molecule has 1 aromatic carbocycles. The molecule has 118 valence electrons. The first kappa shape index (κ1) is 16.3. The van der Waals surface area contributed by atoms with Crippen molar-refractivity contribution in [2.75, 3.05) is 13.6 Å². The molecular formula is C15H24N2O3S. The molecule has 0 spiro atoms. The minimum atomic E-state index is -3.53. The van der Waals surface area contributed by atoms with E-state index in [1.807, 2.05) is 7.05 Å². The topological polar surface area (TPSA) is 67.4 Å². The molecule has 2 rings (SSSR count). The molecule has 0 saturated heterocycles. The van der Waals surface area contributed by atoms with Crippen molar-refractivity contribution < 1.29 is 13.2 Å². The van der Waals surface area contributed by atoms with Gasteiger partial charge in [-0.15, -0.1) is 0 Å². The molecule has 0 aliphatic heterocycles. The van der Waals surface area contributed by atoms with Gasteiger partial charge in [0.1, 0.15) is 10.6 Å². The van der Waals surface area contributed by atoms with Crippen LogP contribution < -0.4 is 14.8 Å². The molecule has 0 aromatic heterocycles. The van der Waals surface area contributed by atoms with Crippen LogP contribution in [-0.2, 0) is 10.0 Å². The van der Waals surface area contributed by atoms with Crippen LogP contribution in [0.2, 0.25) is 0 Å². The summed E-state index contributed by atoms with van der Waals surface area (Å²) in [5.41, 5.74) is 0. The highest BCUT2D eigenvalue weighted by molar-refractivity contribution is 7.89. The number of rotatable bonds is 7. The van der Waals surface area contributed by atoms with E-state index in [1.165, 1.54) is 0 Å². The first-order chi connectivity index (χ1) is 9.92. The summed E-state index contributed by atoms with van der Waals surface area (Å²) in [5.74, 6) is 1.07. The summed E-state index contributed by atoms with van der Waals surface area (Å²) >= 11 is 0. The van der Waals surface area contributed by atoms with Gasteiger partial charge in [0.25, 0.3) is 0 Å². The molecule has 1 aliphatic rings. The maximum atomic E-state index is 12.3. The fourth-order valence-corrected chi connectivity index (χ4v) is 3.94. The summed E-state index contributed by atoms with van der Waals surface area (Å²) in [5, 5.41) is 3.15. The van der Waals surface area contributed by atoms with Gasteiger partial charge in [0, 0.05) is 6.04 Å². The SMILES string of the molecule is CNCC1CC(Oc2ccccc2S(=O)(=O)NC(C)C)C1. The third kappa shape index (κ3) is 4.18. The molecule has 1 aromatic rings. The predicted octanol–water partition coefficient (Wildman–Crippen LogP) is 1.75. The van der Waals surface area contributed by atoms with E-state index >= 15 is 0 Å². The highest BCUT2D eigenvalue weighted by Crippen LogP contribution is 2.33. The molecule has 0 bridgehead atoms. The second kappa shape index (κ2) is 6.77. The average Bonchev–Trinajstić information content (AvgIpc) is 2.35. The number of hydrogen-bond donors (Lipinski definition) is 2. The highest BCUT2D eigenvalue weighted by atomic mass is 32.2. The zero-order valence-electron chi connectivity index (χ0n) is 12.8. The second-order valence-corrected chi connectivity index (χ2v) is 7.54. The Labute approximate surface area is 127 Å². The summed E-state index contributed by atoms with van der Waals surface area (Å²) in [7, 11) is -1.59. The van der Waals surface area contributed by atoms with Crippen LogP contribution >= 0.6 is 0 Å². The van der Waals surface area contributed by atoms with Crippen molar-refractivity contribution in [2.45, 2.75) is 43.7 Å². The van der Waals surface area contributed by atoms with Crippen LogP contribution in [0.1, 0.15) is 26.7 Å². The number of sulfonamides is 1. The lowest BCUT2D eigenvalue weighted by atomic mass is 9.82. The van der Waals surface area contributed by atoms with Gasteiger partial charge in [-0.25, -0.2) is 13.1 Å². The van der Waals surface area contributed by atoms with Gasteiger partial charge in [-0.3, -0.25) is 0 Å². The molecule has 1 saturated carbocycles. The van der Waals surface area contributed by atoms with Crippen LogP contribution in [0.15, 0.2) is 29.2 Å². The fourth-order valence-electron chi connectivity index (χ4n) is 2.55. The molecule has 0 unspecified atom stereocenters. The zero-order valence-corrected chi connectivity index (χ0v) is 13.6. The quantitative estimate of drug-likeness (QED) is 0.805. The smallest absolute Gasteiger partial charge is 0.244 e. The molecule has 2 N–H and O–H groups in total. The Balaban J connectivity index is 2.08. The van der Waals surface area contributed by atoms with Crippen LogP contribution in [0.3, 0.4) is 0 Å². The monoisotopic (exact) mass is 312 g/mol. The molecule has 0 amide bonds. The normalized spacial score (nSPS) is 22.1. The first-order valence-electron chi connectivity index (χ1n) is 7.35. The van der Waals surface area contributed by atoms with Crippen LogP contribution in [0.25, 0.3) is 0 Å². The van der Waals surface area contributed by atoms with Crippen LogP contribution in [-0.4, -0.2) is 34.2 Å². The van der Waals surface area contributed by atoms with E-state index in [0.717, 1.165) is 19.4 Å². The van der Waals surface area contributed by atoms with E-state index in [9.17, 15) is 8.42 Å². The minimum absolute atomic E-state index is 0.110. The third-order valence-corrected chi connectivity index (χ3v) is 5.21. The zero-order chi connectivity index (χ0) is 15.5. The number of benzene rings is 1. The summed E-state index contributed by atoms with van der Waals surface area (Å²) in [6, 6.07) is 6.68. The maximum Gasteiger partial charge on any atom is 0.244 e. The largest absolute Gasteiger partial charge is 0.489 e. The Hall–Kier alpha value is -1.11. The molecule has 5 nitrogen and oxygen atoms in total. The van der Waals surface area contributed by atoms with Crippen LogP contribution in [0, 0.1) is 5.92 Å². The van der Waals surface area contributed by atoms with Crippen molar-refractivity contribution >= 4 is 10.0 Å². The van der Waals surface area contributed by atoms with Gasteiger partial charge >= 0.3 is 0 Å². The molecule has 0 atom stereocenters. The van der Waals surface area contributed by atoms with Gasteiger partial charge in [0.15, 0.2) is 0 Å². The molecule has 6 heteroatoms. The van der Waals surface area contributed by atoms with E-state index in [1.54, 1.807) is 38.1 Å². The Morgan fingerprint density at radius 1 is 1.29 bits per heavy atom. The molecular weight excluding hydrogens is 288 g/mol. The Kier molecular flexibility index (Phi) is 5.24. The third-order valence-electron chi connectivity index (χ3n) is 3.51. The predicted molar refractivity (Wildman–Crippen MR) is 83.0 cm³/mol. The van der Waals surface area contributed by atoms with Gasteiger partial charge < -0.3 is 10.1 Å². The van der Waals surface area contributed by atoms with Gasteiger partial charge in [0.05, 0.1) is 6.10 Å². The molecule has 0 radical (unpaired) electrons. The standard InChI is InChI=1S/C15H24N2O3S/c1-11(2)17-21(18,19)15-7-5-4-6-14(15)20-13-8-12(9-13)10-16-3/h4-7,11-13,16-17H,8-10H2,1-3H3. The lowest BCUT2D eigenvalue weighted by molar-refractivity contribution is 0.0631. The Morgan fingerprint density at radius 3 is 2.57 bits per heavy atom. The van der Waals surface area contributed by atoms with Crippen molar-refractivity contribution in [2.24, 2.45) is 5.92 Å². The van der Waals surface area contributed by atoms with Crippen LogP contribution in [0.5, 0.6) is 5.75 Å². The van der Waals surface area contributed by atoms with Crippen molar-refractivity contribution in [1.82, 2.24) is 10.0 Å². The number of para-hydroxylation sites is 1. The van der Waals surface area contributed by atoms with Gasteiger partial charge in [-0.1, -0.05) is 12.1 Å². The average molecular weight is 312 g/mol. The van der Waals surface area contributed by atoms with Crippen molar-refractivity contribution in [3.05, 3.63) is 24.3 Å². The highest BCUT2D eigenvalue weighted by Gasteiger charge is 2.31. The summed E-state index contributed by atoms with van der Waals surface area (Å²) in [4.78, 5) is 0.218. The fraction of sp³-hybridized carbons (Fsp3) is 0.600. The van der Waals surface area contributed by atoms with E-state index in [4.69, 9.17) is 4.74 Å². The van der Waals surface area contributed by atoms with Gasteiger partial charge in [-0.05, 0) is 58.3 Å². The first-order valence-corrected chi connectivity index (χ1v) is 8.83. The Bertz CT molecular complexity index is 566. The van der Waals surface area contributed by atoms with Crippen molar-refractivity contribution in [3.8, 4) is 5.75 Å². The number of hydrogen-bond acceptors (Lipinski definition) is 4. The summed E-state index contributed by atoms with van der Waals surface area (Å²) in [6.45, 7) is 4.58. The second-order valence-electron chi connectivity index (χ2n) is 5.86. The maximum absolute atomic E-state index is 12.3. The summed E-state index contributed by atoms with van der Waals surface area (Å²) in [6.07, 6.45) is 2.04. The van der Waals surface area contributed by atoms with Crippen molar-refractivity contribution in [1.29, 1.82) is 0 Å². The Morgan fingerprint density at radius 2 is 1.95 bits per heavy atom.